The summed E-state index contributed by atoms with van der Waals surface area (Å²) in [4.78, 5) is 31.5. The summed E-state index contributed by atoms with van der Waals surface area (Å²) < 4.78 is 0. The van der Waals surface area contributed by atoms with Crippen LogP contribution in [0.25, 0.3) is 0 Å². The smallest absolute Gasteiger partial charge is 0.257 e. The normalized spacial score (nSPS) is 25.8. The average molecular weight is 401 g/mol. The molecule has 1 amide bonds. The number of carbonyl (C=O) groups is 1. The Morgan fingerprint density at radius 3 is 2.21 bits per heavy atom. The van der Waals surface area contributed by atoms with Crippen molar-refractivity contribution in [2.24, 2.45) is 5.92 Å². The van der Waals surface area contributed by atoms with E-state index in [4.69, 9.17) is 0 Å². The van der Waals surface area contributed by atoms with Gasteiger partial charge < -0.3 is 9.80 Å². The molecule has 4 rings (SSSR count). The van der Waals surface area contributed by atoms with Crippen molar-refractivity contribution in [2.45, 2.75) is 52.1 Å². The van der Waals surface area contributed by atoms with Gasteiger partial charge in [0.25, 0.3) is 5.91 Å². The van der Waals surface area contributed by atoms with Crippen LogP contribution in [-0.4, -0.2) is 95.0 Å². The van der Waals surface area contributed by atoms with Crippen LogP contribution in [0.3, 0.4) is 0 Å². The van der Waals surface area contributed by atoms with Crippen LogP contribution < -0.4 is 4.90 Å². The number of likely N-dealkylation sites (N-methyl/N-ethyl adjacent to an activating group) is 1. The second-order valence-electron chi connectivity index (χ2n) is 9.23. The molecule has 0 radical (unpaired) electrons. The largest absolute Gasteiger partial charge is 0.336 e. The molecule has 1 aromatic heterocycles. The lowest BCUT2D eigenvalue weighted by Gasteiger charge is -2.40. The highest BCUT2D eigenvalue weighted by atomic mass is 16.2. The van der Waals surface area contributed by atoms with Gasteiger partial charge in [0.2, 0.25) is 5.95 Å². The number of nitrogens with zero attached hydrogens (tertiary/aromatic N) is 6. The van der Waals surface area contributed by atoms with Gasteiger partial charge in [-0.05, 0) is 38.3 Å². The predicted molar refractivity (Wildman–Crippen MR) is 115 cm³/mol. The van der Waals surface area contributed by atoms with E-state index in [1.165, 1.54) is 19.3 Å². The Morgan fingerprint density at radius 1 is 1.03 bits per heavy atom. The molecule has 3 aliphatic rings. The van der Waals surface area contributed by atoms with E-state index < -0.39 is 0 Å². The third-order valence-corrected chi connectivity index (χ3v) is 6.80. The van der Waals surface area contributed by atoms with E-state index in [0.29, 0.717) is 17.6 Å². The molecule has 2 atom stereocenters. The van der Waals surface area contributed by atoms with E-state index in [-0.39, 0.29) is 5.91 Å². The highest BCUT2D eigenvalue weighted by Gasteiger charge is 2.40. The van der Waals surface area contributed by atoms with Crippen molar-refractivity contribution in [1.82, 2.24) is 24.7 Å². The Balaban J connectivity index is 1.33. The molecule has 7 heteroatoms. The number of hydrogen-bond donors (Lipinski definition) is 0. The van der Waals surface area contributed by atoms with Crippen molar-refractivity contribution in [3.05, 3.63) is 18.0 Å². The Bertz CT molecular complexity index is 671. The van der Waals surface area contributed by atoms with Gasteiger partial charge in [-0.25, -0.2) is 9.97 Å². The molecule has 160 valence electrons. The molecule has 7 nitrogen and oxygen atoms in total. The summed E-state index contributed by atoms with van der Waals surface area (Å²) in [5.41, 5.74) is 0.615. The first-order valence-corrected chi connectivity index (χ1v) is 11.4. The third-order valence-electron chi connectivity index (χ3n) is 6.80. The Kier molecular flexibility index (Phi) is 6.35. The monoisotopic (exact) mass is 400 g/mol. The van der Waals surface area contributed by atoms with E-state index in [2.05, 4.69) is 45.4 Å². The number of piperazine rings is 2. The molecule has 2 bridgehead atoms. The molecule has 0 N–H and O–H groups in total. The standard InChI is InChI=1S/C22H36N6O/c1-4-25-15-19-5-6-20(16-25)28(19)22-23-13-18(14-24-22)21(29)27-11-9-26(10-12-27)8-7-17(2)3/h13-14,17,19-20H,4-12,15-16H2,1-3H3. The maximum Gasteiger partial charge on any atom is 0.257 e. The fraction of sp³-hybridized carbons (Fsp3) is 0.773. The van der Waals surface area contributed by atoms with Gasteiger partial charge >= 0.3 is 0 Å². The fourth-order valence-electron chi connectivity index (χ4n) is 4.94. The zero-order chi connectivity index (χ0) is 20.4. The van der Waals surface area contributed by atoms with Crippen molar-refractivity contribution >= 4 is 11.9 Å². The minimum Gasteiger partial charge on any atom is -0.336 e. The molecular weight excluding hydrogens is 364 g/mol. The number of hydrogen-bond acceptors (Lipinski definition) is 6. The topological polar surface area (TPSA) is 55.8 Å². The Labute approximate surface area is 175 Å². The van der Waals surface area contributed by atoms with Gasteiger partial charge in [0.05, 0.1) is 5.56 Å². The molecule has 0 spiro atoms. The number of aromatic nitrogens is 2. The number of fused-ring (bicyclic) bond motifs is 2. The second kappa shape index (κ2) is 8.96. The van der Waals surface area contributed by atoms with Crippen molar-refractivity contribution < 1.29 is 4.79 Å². The van der Waals surface area contributed by atoms with Crippen molar-refractivity contribution in [1.29, 1.82) is 0 Å². The molecule has 0 aliphatic carbocycles. The van der Waals surface area contributed by atoms with E-state index in [0.717, 1.165) is 64.2 Å². The van der Waals surface area contributed by atoms with Crippen molar-refractivity contribution in [3.63, 3.8) is 0 Å². The highest BCUT2D eigenvalue weighted by Crippen LogP contribution is 2.32. The van der Waals surface area contributed by atoms with Crippen LogP contribution in [0, 0.1) is 5.92 Å². The van der Waals surface area contributed by atoms with Gasteiger partial charge in [-0.15, -0.1) is 0 Å². The second-order valence-corrected chi connectivity index (χ2v) is 9.23. The van der Waals surface area contributed by atoms with Crippen LogP contribution in [-0.2, 0) is 0 Å². The summed E-state index contributed by atoms with van der Waals surface area (Å²) in [7, 11) is 0. The van der Waals surface area contributed by atoms with Gasteiger partial charge in [0.15, 0.2) is 0 Å². The number of rotatable bonds is 6. The lowest BCUT2D eigenvalue weighted by Crippen LogP contribution is -2.54. The molecule has 0 aromatic carbocycles. The third kappa shape index (κ3) is 4.56. The Morgan fingerprint density at radius 2 is 1.66 bits per heavy atom. The summed E-state index contributed by atoms with van der Waals surface area (Å²) >= 11 is 0. The maximum absolute atomic E-state index is 12.9. The summed E-state index contributed by atoms with van der Waals surface area (Å²) in [5, 5.41) is 0. The van der Waals surface area contributed by atoms with E-state index >= 15 is 0 Å². The van der Waals surface area contributed by atoms with Crippen LogP contribution >= 0.6 is 0 Å². The highest BCUT2D eigenvalue weighted by molar-refractivity contribution is 5.93. The van der Waals surface area contributed by atoms with Gasteiger partial charge in [-0.3, -0.25) is 14.6 Å². The molecule has 3 aliphatic heterocycles. The van der Waals surface area contributed by atoms with E-state index in [1.54, 1.807) is 12.4 Å². The first kappa shape index (κ1) is 20.5. The SMILES string of the molecule is CCN1CC2CCC(C1)N2c1ncc(C(=O)N2CCN(CCC(C)C)CC2)cn1. The zero-order valence-electron chi connectivity index (χ0n) is 18.3. The van der Waals surface area contributed by atoms with Gasteiger partial charge in [-0.1, -0.05) is 20.8 Å². The number of amides is 1. The Hall–Kier alpha value is -1.73. The average Bonchev–Trinajstić information content (AvgIpc) is 3.01. The minimum absolute atomic E-state index is 0.0684. The summed E-state index contributed by atoms with van der Waals surface area (Å²) in [5.74, 6) is 1.59. The zero-order valence-corrected chi connectivity index (χ0v) is 18.3. The van der Waals surface area contributed by atoms with Crippen LogP contribution in [0.5, 0.6) is 0 Å². The quantitative estimate of drug-likeness (QED) is 0.728. The molecule has 3 fully saturated rings. The van der Waals surface area contributed by atoms with Crippen LogP contribution in [0.1, 0.15) is 50.4 Å². The number of likely N-dealkylation sites (tertiary alicyclic amines) is 1. The molecule has 4 heterocycles. The van der Waals surface area contributed by atoms with E-state index in [9.17, 15) is 4.79 Å². The molecular formula is C22H36N6O. The van der Waals surface area contributed by atoms with Crippen molar-refractivity contribution in [2.75, 3.05) is 57.3 Å². The molecule has 2 unspecified atom stereocenters. The van der Waals surface area contributed by atoms with Crippen molar-refractivity contribution in [3.8, 4) is 0 Å². The van der Waals surface area contributed by atoms with Gasteiger partial charge in [0.1, 0.15) is 0 Å². The first-order chi connectivity index (χ1) is 14.0. The van der Waals surface area contributed by atoms with Crippen LogP contribution in [0.2, 0.25) is 0 Å². The first-order valence-electron chi connectivity index (χ1n) is 11.4. The molecule has 0 saturated carbocycles. The molecule has 3 saturated heterocycles. The van der Waals surface area contributed by atoms with Gasteiger partial charge in [0, 0.05) is 63.7 Å². The summed E-state index contributed by atoms with van der Waals surface area (Å²) in [6.45, 7) is 14.7. The van der Waals surface area contributed by atoms with Crippen LogP contribution in [0.4, 0.5) is 5.95 Å². The van der Waals surface area contributed by atoms with Gasteiger partial charge in [-0.2, -0.15) is 0 Å². The van der Waals surface area contributed by atoms with E-state index in [1.807, 2.05) is 4.90 Å². The predicted octanol–water partition coefficient (Wildman–Crippen LogP) is 1.95. The molecule has 29 heavy (non-hydrogen) atoms. The maximum atomic E-state index is 12.9. The lowest BCUT2D eigenvalue weighted by atomic mass is 10.1. The molecule has 1 aromatic rings. The fourth-order valence-corrected chi connectivity index (χ4v) is 4.94. The number of anilines is 1. The number of carbonyl (C=O) groups excluding carboxylic acids is 1. The van der Waals surface area contributed by atoms with Crippen LogP contribution in [0.15, 0.2) is 12.4 Å². The minimum atomic E-state index is 0.0684. The lowest BCUT2D eigenvalue weighted by molar-refractivity contribution is 0.0631. The summed E-state index contributed by atoms with van der Waals surface area (Å²) in [6, 6.07) is 1.02. The summed E-state index contributed by atoms with van der Waals surface area (Å²) in [6.07, 6.45) is 7.12.